The lowest BCUT2D eigenvalue weighted by Crippen LogP contribution is -1.99. The minimum absolute atomic E-state index is 0.0239. The molecule has 0 atom stereocenters. The molecule has 2 aromatic carbocycles. The first kappa shape index (κ1) is 14.3. The standard InChI is InChI=1S/C18H16FNO2/c1-12(21)15-11-20(17-6-4-3-5-14(15)17)10-13-7-8-18(22-2)16(19)9-13/h3-9,11H,10H2,1-2H3. The molecule has 0 aliphatic carbocycles. The fraction of sp³-hybridized carbons (Fsp3) is 0.167. The number of rotatable bonds is 4. The van der Waals surface area contributed by atoms with Gasteiger partial charge in [-0.1, -0.05) is 24.3 Å². The molecule has 0 bridgehead atoms. The molecule has 0 aliphatic heterocycles. The Bertz CT molecular complexity index is 851. The number of halogens is 1. The molecular formula is C18H16FNO2. The second kappa shape index (κ2) is 5.64. The third-order valence-corrected chi connectivity index (χ3v) is 3.74. The molecule has 0 saturated carbocycles. The summed E-state index contributed by atoms with van der Waals surface area (Å²) < 4.78 is 20.7. The highest BCUT2D eigenvalue weighted by atomic mass is 19.1. The highest BCUT2D eigenvalue weighted by molar-refractivity contribution is 6.06. The van der Waals surface area contributed by atoms with E-state index in [1.807, 2.05) is 41.1 Å². The zero-order valence-electron chi connectivity index (χ0n) is 12.5. The molecule has 0 aliphatic rings. The van der Waals surface area contributed by atoms with Crippen LogP contribution in [0.5, 0.6) is 5.75 Å². The van der Waals surface area contributed by atoms with Crippen LogP contribution in [0, 0.1) is 5.82 Å². The van der Waals surface area contributed by atoms with Gasteiger partial charge in [-0.3, -0.25) is 4.79 Å². The van der Waals surface area contributed by atoms with Crippen molar-refractivity contribution in [2.24, 2.45) is 0 Å². The molecule has 1 heterocycles. The van der Waals surface area contributed by atoms with Gasteiger partial charge < -0.3 is 9.30 Å². The van der Waals surface area contributed by atoms with Gasteiger partial charge in [0.2, 0.25) is 0 Å². The maximum atomic E-state index is 13.8. The Hall–Kier alpha value is -2.62. The van der Waals surface area contributed by atoms with Crippen LogP contribution in [0.25, 0.3) is 10.9 Å². The van der Waals surface area contributed by atoms with Crippen LogP contribution in [0.2, 0.25) is 0 Å². The second-order valence-corrected chi connectivity index (χ2v) is 5.21. The fourth-order valence-corrected chi connectivity index (χ4v) is 2.66. The maximum absolute atomic E-state index is 13.8. The van der Waals surface area contributed by atoms with E-state index in [0.717, 1.165) is 16.5 Å². The Kier molecular flexibility index (Phi) is 3.67. The van der Waals surface area contributed by atoms with E-state index in [4.69, 9.17) is 4.74 Å². The largest absolute Gasteiger partial charge is 0.494 e. The van der Waals surface area contributed by atoms with E-state index in [2.05, 4.69) is 0 Å². The summed E-state index contributed by atoms with van der Waals surface area (Å²) in [7, 11) is 1.44. The predicted molar refractivity (Wildman–Crippen MR) is 84.0 cm³/mol. The molecule has 3 rings (SSSR count). The first-order valence-electron chi connectivity index (χ1n) is 7.01. The van der Waals surface area contributed by atoms with Crippen molar-refractivity contribution < 1.29 is 13.9 Å². The van der Waals surface area contributed by atoms with Crippen molar-refractivity contribution in [1.82, 2.24) is 4.57 Å². The van der Waals surface area contributed by atoms with Crippen molar-refractivity contribution in [3.05, 3.63) is 65.6 Å². The van der Waals surface area contributed by atoms with Crippen molar-refractivity contribution in [1.29, 1.82) is 0 Å². The molecule has 1 aromatic heterocycles. The number of ether oxygens (including phenoxy) is 1. The van der Waals surface area contributed by atoms with Gasteiger partial charge in [0.15, 0.2) is 17.3 Å². The van der Waals surface area contributed by atoms with Crippen LogP contribution in [0.1, 0.15) is 22.8 Å². The SMILES string of the molecule is COc1ccc(Cn2cc(C(C)=O)c3ccccc32)cc1F. The van der Waals surface area contributed by atoms with Crippen LogP contribution in [0.4, 0.5) is 4.39 Å². The Labute approximate surface area is 127 Å². The number of Topliss-reactive ketones (excluding diaryl/α,β-unsaturated/α-hetero) is 1. The number of carbonyl (C=O) groups is 1. The molecule has 0 N–H and O–H groups in total. The van der Waals surface area contributed by atoms with Crippen LogP contribution in [-0.2, 0) is 6.54 Å². The second-order valence-electron chi connectivity index (χ2n) is 5.21. The van der Waals surface area contributed by atoms with Gasteiger partial charge in [-0.25, -0.2) is 4.39 Å². The lowest BCUT2D eigenvalue weighted by Gasteiger charge is -2.07. The van der Waals surface area contributed by atoms with E-state index in [-0.39, 0.29) is 17.3 Å². The van der Waals surface area contributed by atoms with E-state index in [9.17, 15) is 9.18 Å². The Balaban J connectivity index is 2.04. The molecule has 22 heavy (non-hydrogen) atoms. The number of methoxy groups -OCH3 is 1. The van der Waals surface area contributed by atoms with E-state index in [1.54, 1.807) is 13.0 Å². The van der Waals surface area contributed by atoms with Gasteiger partial charge in [0.1, 0.15) is 0 Å². The minimum Gasteiger partial charge on any atom is -0.494 e. The molecular weight excluding hydrogens is 281 g/mol. The molecule has 0 amide bonds. The molecule has 3 nitrogen and oxygen atoms in total. The molecule has 0 spiro atoms. The normalized spacial score (nSPS) is 10.9. The summed E-state index contributed by atoms with van der Waals surface area (Å²) in [5.74, 6) is -0.135. The topological polar surface area (TPSA) is 31.2 Å². The van der Waals surface area contributed by atoms with E-state index < -0.39 is 0 Å². The lowest BCUT2D eigenvalue weighted by molar-refractivity contribution is 0.101. The lowest BCUT2D eigenvalue weighted by atomic mass is 10.1. The number of hydrogen-bond acceptors (Lipinski definition) is 2. The number of para-hydroxylation sites is 1. The van der Waals surface area contributed by atoms with Crippen molar-refractivity contribution >= 4 is 16.7 Å². The molecule has 0 radical (unpaired) electrons. The Morgan fingerprint density at radius 3 is 2.68 bits per heavy atom. The fourth-order valence-electron chi connectivity index (χ4n) is 2.66. The van der Waals surface area contributed by atoms with Crippen LogP contribution >= 0.6 is 0 Å². The number of aromatic nitrogens is 1. The number of carbonyl (C=O) groups excluding carboxylic acids is 1. The van der Waals surface area contributed by atoms with Gasteiger partial charge in [-0.15, -0.1) is 0 Å². The first-order chi connectivity index (χ1) is 10.6. The zero-order chi connectivity index (χ0) is 15.7. The molecule has 0 saturated heterocycles. The average molecular weight is 297 g/mol. The predicted octanol–water partition coefficient (Wildman–Crippen LogP) is 4.04. The quantitative estimate of drug-likeness (QED) is 0.681. The van der Waals surface area contributed by atoms with Crippen LogP contribution in [0.3, 0.4) is 0 Å². The van der Waals surface area contributed by atoms with E-state index in [0.29, 0.717) is 12.1 Å². The summed E-state index contributed by atoms with van der Waals surface area (Å²) in [6, 6.07) is 12.6. The molecule has 0 unspecified atom stereocenters. The van der Waals surface area contributed by atoms with Crippen molar-refractivity contribution in [3.63, 3.8) is 0 Å². The highest BCUT2D eigenvalue weighted by Gasteiger charge is 2.12. The summed E-state index contributed by atoms with van der Waals surface area (Å²) in [6.45, 7) is 2.05. The number of ketones is 1. The van der Waals surface area contributed by atoms with Crippen molar-refractivity contribution in [2.75, 3.05) is 7.11 Å². The summed E-state index contributed by atoms with van der Waals surface area (Å²) in [4.78, 5) is 11.8. The smallest absolute Gasteiger partial charge is 0.165 e. The average Bonchev–Trinajstić information content (AvgIpc) is 2.87. The van der Waals surface area contributed by atoms with Crippen LogP contribution < -0.4 is 4.74 Å². The Morgan fingerprint density at radius 2 is 2.00 bits per heavy atom. The molecule has 3 aromatic rings. The zero-order valence-corrected chi connectivity index (χ0v) is 12.5. The molecule has 4 heteroatoms. The summed E-state index contributed by atoms with van der Waals surface area (Å²) in [6.07, 6.45) is 1.83. The number of benzene rings is 2. The maximum Gasteiger partial charge on any atom is 0.165 e. The van der Waals surface area contributed by atoms with E-state index >= 15 is 0 Å². The van der Waals surface area contributed by atoms with Gasteiger partial charge in [0.05, 0.1) is 7.11 Å². The van der Waals surface area contributed by atoms with E-state index in [1.165, 1.54) is 13.2 Å². The first-order valence-corrected chi connectivity index (χ1v) is 7.01. The highest BCUT2D eigenvalue weighted by Crippen LogP contribution is 2.24. The third-order valence-electron chi connectivity index (χ3n) is 3.74. The van der Waals surface area contributed by atoms with Gasteiger partial charge in [0, 0.05) is 29.2 Å². The Morgan fingerprint density at radius 1 is 1.23 bits per heavy atom. The third kappa shape index (κ3) is 2.48. The number of fused-ring (bicyclic) bond motifs is 1. The number of nitrogens with zero attached hydrogens (tertiary/aromatic N) is 1. The summed E-state index contributed by atoms with van der Waals surface area (Å²) in [5, 5.41) is 0.920. The van der Waals surface area contributed by atoms with Gasteiger partial charge >= 0.3 is 0 Å². The van der Waals surface area contributed by atoms with Crippen LogP contribution in [0.15, 0.2) is 48.7 Å². The van der Waals surface area contributed by atoms with Gasteiger partial charge in [0.25, 0.3) is 0 Å². The minimum atomic E-state index is -0.386. The van der Waals surface area contributed by atoms with Crippen molar-refractivity contribution in [3.8, 4) is 5.75 Å². The monoisotopic (exact) mass is 297 g/mol. The van der Waals surface area contributed by atoms with Gasteiger partial charge in [-0.05, 0) is 30.7 Å². The number of hydrogen-bond donors (Lipinski definition) is 0. The summed E-state index contributed by atoms with van der Waals surface area (Å²) >= 11 is 0. The molecule has 0 fully saturated rings. The van der Waals surface area contributed by atoms with Gasteiger partial charge in [-0.2, -0.15) is 0 Å². The van der Waals surface area contributed by atoms with Crippen LogP contribution in [-0.4, -0.2) is 17.5 Å². The molecule has 112 valence electrons. The summed E-state index contributed by atoms with van der Waals surface area (Å²) in [5.41, 5.74) is 2.46. The van der Waals surface area contributed by atoms with Crippen molar-refractivity contribution in [2.45, 2.75) is 13.5 Å².